The fourth-order valence-electron chi connectivity index (χ4n) is 4.02. The van der Waals surface area contributed by atoms with Crippen molar-refractivity contribution < 1.29 is 44.7 Å². The van der Waals surface area contributed by atoms with Gasteiger partial charge in [0.05, 0.1) is 30.6 Å². The summed E-state index contributed by atoms with van der Waals surface area (Å²) in [7, 11) is -1.76. The number of methoxy groups -OCH3 is 2. The van der Waals surface area contributed by atoms with Crippen LogP contribution >= 0.6 is 0 Å². The Balaban J connectivity index is 1.83. The molecule has 0 saturated carbocycles. The Kier molecular flexibility index (Phi) is 8.30. The quantitative estimate of drug-likeness (QED) is 0.262. The van der Waals surface area contributed by atoms with Gasteiger partial charge in [0.15, 0.2) is 0 Å². The van der Waals surface area contributed by atoms with Crippen LogP contribution < -0.4 is 19.9 Å². The highest BCUT2D eigenvalue weighted by Gasteiger charge is 2.39. The monoisotopic (exact) mass is 594 g/mol. The standard InChI is InChI=1S/C26H22F4N4O6S/c1-38-16-9-7-15(20(12-16)39-2)13-32-41(36,37)21-11-14(22(23(31)35)17-5-3-4-6-19(17)27)8-10-18(21)24-33-34-25(40-24)26(28,29)30/h3-12,22,32H,13H2,1-2H3,(H2,31,35). The van der Waals surface area contributed by atoms with E-state index in [-0.39, 0.29) is 17.7 Å². The number of amides is 1. The van der Waals surface area contributed by atoms with Crippen LogP contribution in [0.1, 0.15) is 28.5 Å². The second-order valence-electron chi connectivity index (χ2n) is 8.52. The highest BCUT2D eigenvalue weighted by atomic mass is 32.2. The van der Waals surface area contributed by atoms with E-state index in [4.69, 9.17) is 19.6 Å². The molecule has 0 aliphatic carbocycles. The van der Waals surface area contributed by atoms with Gasteiger partial charge in [-0.1, -0.05) is 30.3 Å². The number of nitrogens with one attached hydrogen (secondary N) is 1. The topological polar surface area (TPSA) is 147 Å². The number of primary amides is 1. The van der Waals surface area contributed by atoms with Crippen LogP contribution in [0, 0.1) is 5.82 Å². The maximum Gasteiger partial charge on any atom is 0.470 e. The van der Waals surface area contributed by atoms with Crippen LogP contribution in [0.5, 0.6) is 11.5 Å². The van der Waals surface area contributed by atoms with Gasteiger partial charge in [-0.3, -0.25) is 4.79 Å². The van der Waals surface area contributed by atoms with Gasteiger partial charge in [0.2, 0.25) is 21.8 Å². The second-order valence-corrected chi connectivity index (χ2v) is 10.3. The number of carbonyl (C=O) groups is 1. The van der Waals surface area contributed by atoms with E-state index in [0.717, 1.165) is 18.2 Å². The molecule has 0 spiro atoms. The number of ether oxygens (including phenoxy) is 2. The van der Waals surface area contributed by atoms with E-state index in [1.54, 1.807) is 12.1 Å². The lowest BCUT2D eigenvalue weighted by molar-refractivity contribution is -0.157. The maximum absolute atomic E-state index is 14.6. The van der Waals surface area contributed by atoms with Crippen molar-refractivity contribution in [3.05, 3.63) is 89.1 Å². The Morgan fingerprint density at radius 1 is 1.05 bits per heavy atom. The predicted octanol–water partition coefficient (Wildman–Crippen LogP) is 4.01. The molecule has 1 unspecified atom stereocenters. The highest BCUT2D eigenvalue weighted by molar-refractivity contribution is 7.89. The van der Waals surface area contributed by atoms with E-state index in [9.17, 15) is 30.8 Å². The molecule has 4 rings (SSSR count). The molecular weight excluding hydrogens is 572 g/mol. The van der Waals surface area contributed by atoms with Crippen molar-refractivity contribution in [2.24, 2.45) is 5.73 Å². The average Bonchev–Trinajstić information content (AvgIpc) is 3.44. The van der Waals surface area contributed by atoms with Crippen LogP contribution in [-0.2, 0) is 27.5 Å². The minimum atomic E-state index is -4.99. The molecule has 1 atom stereocenters. The second kappa shape index (κ2) is 11.5. The first-order valence-electron chi connectivity index (χ1n) is 11.6. The maximum atomic E-state index is 14.6. The van der Waals surface area contributed by atoms with Gasteiger partial charge in [0.1, 0.15) is 17.3 Å². The number of nitrogens with two attached hydrogens (primary N) is 1. The van der Waals surface area contributed by atoms with Gasteiger partial charge < -0.3 is 19.6 Å². The van der Waals surface area contributed by atoms with Gasteiger partial charge >= 0.3 is 12.1 Å². The molecule has 41 heavy (non-hydrogen) atoms. The van der Waals surface area contributed by atoms with Crippen LogP contribution in [-0.4, -0.2) is 38.7 Å². The number of carbonyl (C=O) groups excluding carboxylic acids is 1. The van der Waals surface area contributed by atoms with Crippen LogP contribution in [0.15, 0.2) is 70.0 Å². The van der Waals surface area contributed by atoms with E-state index in [2.05, 4.69) is 14.9 Å². The molecule has 0 saturated heterocycles. The van der Waals surface area contributed by atoms with Gasteiger partial charge in [-0.15, -0.1) is 10.2 Å². The van der Waals surface area contributed by atoms with Gasteiger partial charge in [-0.25, -0.2) is 17.5 Å². The van der Waals surface area contributed by atoms with Crippen molar-refractivity contribution >= 4 is 15.9 Å². The Hall–Kier alpha value is -4.50. The highest BCUT2D eigenvalue weighted by Crippen LogP contribution is 2.36. The molecule has 3 N–H and O–H groups in total. The number of aromatic nitrogens is 2. The summed E-state index contributed by atoms with van der Waals surface area (Å²) < 4.78 is 98.7. The van der Waals surface area contributed by atoms with Gasteiger partial charge in [0.25, 0.3) is 0 Å². The molecule has 4 aromatic rings. The molecule has 0 aliphatic rings. The summed E-state index contributed by atoms with van der Waals surface area (Å²) in [5.74, 6) is -4.92. The molecule has 10 nitrogen and oxygen atoms in total. The zero-order valence-electron chi connectivity index (χ0n) is 21.4. The zero-order valence-corrected chi connectivity index (χ0v) is 22.2. The number of halogens is 4. The molecule has 15 heteroatoms. The SMILES string of the molecule is COc1ccc(CNS(=O)(=O)c2cc(C(C(N)=O)c3ccccc3F)ccc2-c2nnc(C(F)(F)F)o2)c(OC)c1. The molecule has 3 aromatic carbocycles. The van der Waals surface area contributed by atoms with E-state index in [0.29, 0.717) is 17.1 Å². The third-order valence-corrected chi connectivity index (χ3v) is 7.42. The van der Waals surface area contributed by atoms with Crippen molar-refractivity contribution in [2.75, 3.05) is 14.2 Å². The molecule has 0 bridgehead atoms. The van der Waals surface area contributed by atoms with Crippen molar-refractivity contribution in [3.8, 4) is 23.0 Å². The summed E-state index contributed by atoms with van der Waals surface area (Å²) in [5, 5.41) is 6.31. The van der Waals surface area contributed by atoms with Crippen molar-refractivity contribution in [3.63, 3.8) is 0 Å². The number of alkyl halides is 3. The number of rotatable bonds is 10. The number of benzene rings is 3. The fourth-order valence-corrected chi connectivity index (χ4v) is 5.26. The van der Waals surface area contributed by atoms with Crippen LogP contribution in [0.4, 0.5) is 17.6 Å². The van der Waals surface area contributed by atoms with Crippen molar-refractivity contribution in [2.45, 2.75) is 23.5 Å². The van der Waals surface area contributed by atoms with Crippen molar-refractivity contribution in [1.29, 1.82) is 0 Å². The third-order valence-electron chi connectivity index (χ3n) is 5.97. The fraction of sp³-hybridized carbons (Fsp3) is 0.192. The van der Waals surface area contributed by atoms with E-state index < -0.39 is 56.1 Å². The van der Waals surface area contributed by atoms with Gasteiger partial charge in [-0.2, -0.15) is 13.2 Å². The predicted molar refractivity (Wildman–Crippen MR) is 136 cm³/mol. The molecule has 0 aliphatic heterocycles. The van der Waals surface area contributed by atoms with Gasteiger partial charge in [-0.05, 0) is 29.8 Å². The van der Waals surface area contributed by atoms with E-state index in [1.165, 1.54) is 44.6 Å². The van der Waals surface area contributed by atoms with Gasteiger partial charge in [0, 0.05) is 23.7 Å². The minimum absolute atomic E-state index is 0.0516. The first kappa shape index (κ1) is 29.5. The Bertz CT molecular complexity index is 1690. The molecule has 0 radical (unpaired) electrons. The first-order valence-corrected chi connectivity index (χ1v) is 13.1. The lowest BCUT2D eigenvalue weighted by atomic mass is 9.89. The summed E-state index contributed by atoms with van der Waals surface area (Å²) in [5.41, 5.74) is 5.37. The number of sulfonamides is 1. The molecule has 1 amide bonds. The largest absolute Gasteiger partial charge is 0.497 e. The molecule has 216 valence electrons. The lowest BCUT2D eigenvalue weighted by Crippen LogP contribution is -2.26. The minimum Gasteiger partial charge on any atom is -0.497 e. The molecule has 1 heterocycles. The third kappa shape index (κ3) is 6.30. The molecular formula is C26H22F4N4O6S. The normalized spacial score (nSPS) is 12.6. The average molecular weight is 595 g/mol. The molecule has 0 fully saturated rings. The zero-order chi connectivity index (χ0) is 29.9. The molecule has 1 aromatic heterocycles. The Morgan fingerprint density at radius 2 is 1.78 bits per heavy atom. The van der Waals surface area contributed by atoms with Crippen molar-refractivity contribution in [1.82, 2.24) is 14.9 Å². The number of hydrogen-bond acceptors (Lipinski definition) is 8. The van der Waals surface area contributed by atoms with Crippen LogP contribution in [0.25, 0.3) is 11.5 Å². The smallest absolute Gasteiger partial charge is 0.470 e. The Morgan fingerprint density at radius 3 is 2.39 bits per heavy atom. The Labute approximate surface area is 231 Å². The van der Waals surface area contributed by atoms with E-state index >= 15 is 0 Å². The summed E-state index contributed by atoms with van der Waals surface area (Å²) >= 11 is 0. The first-order chi connectivity index (χ1) is 19.4. The lowest BCUT2D eigenvalue weighted by Gasteiger charge is -2.18. The summed E-state index contributed by atoms with van der Waals surface area (Å²) in [6, 6.07) is 13.2. The van der Waals surface area contributed by atoms with E-state index in [1.807, 2.05) is 0 Å². The summed E-state index contributed by atoms with van der Waals surface area (Å²) in [6.45, 7) is -0.316. The number of hydrogen-bond donors (Lipinski definition) is 2. The van der Waals surface area contributed by atoms with Crippen LogP contribution in [0.3, 0.4) is 0 Å². The summed E-state index contributed by atoms with van der Waals surface area (Å²) in [6.07, 6.45) is -4.99. The summed E-state index contributed by atoms with van der Waals surface area (Å²) in [4.78, 5) is 11.8. The number of nitrogens with zero attached hydrogens (tertiary/aromatic N) is 2. The van der Waals surface area contributed by atoms with Crippen LogP contribution in [0.2, 0.25) is 0 Å².